The first-order valence-corrected chi connectivity index (χ1v) is 12.9. The van der Waals surface area contributed by atoms with E-state index in [0.29, 0.717) is 4.68 Å². The Bertz CT molecular complexity index is 1870. The third-order valence-electron chi connectivity index (χ3n) is 7.75. The molecule has 5 rings (SSSR count). The van der Waals surface area contributed by atoms with Crippen molar-refractivity contribution in [2.75, 3.05) is 16.9 Å². The van der Waals surface area contributed by atoms with Gasteiger partial charge in [-0.05, 0) is 24.3 Å². The third kappa shape index (κ3) is 4.12. The van der Waals surface area contributed by atoms with Crippen molar-refractivity contribution in [2.45, 2.75) is 35.6 Å². The smallest absolute Gasteiger partial charge is 0.316 e. The molecule has 23 nitrogen and oxygen atoms in total. The van der Waals surface area contributed by atoms with Gasteiger partial charge in [-0.15, -0.1) is 0 Å². The van der Waals surface area contributed by atoms with Crippen molar-refractivity contribution in [2.24, 2.45) is 5.73 Å². The molecule has 16 N–H and O–H groups in total. The maximum atomic E-state index is 14.0. The van der Waals surface area contributed by atoms with E-state index < -0.39 is 114 Å². The second-order valence-electron chi connectivity index (χ2n) is 10.6. The van der Waals surface area contributed by atoms with Crippen molar-refractivity contribution < 1.29 is 90.6 Å². The van der Waals surface area contributed by atoms with Crippen LogP contribution in [-0.2, 0) is 10.6 Å². The van der Waals surface area contributed by atoms with Gasteiger partial charge in [-0.2, -0.15) is 5.10 Å². The van der Waals surface area contributed by atoms with Crippen molar-refractivity contribution in [3.8, 4) is 34.4 Å². The Morgan fingerprint density at radius 3 is 1.73 bits per heavy atom. The molecule has 0 atom stereocenters. The predicted octanol–water partition coefficient (Wildman–Crippen LogP) is -6.02. The Hall–Kier alpha value is -5.34. The highest BCUT2D eigenvalue weighted by Gasteiger charge is 2.71. The lowest BCUT2D eigenvalue weighted by Gasteiger charge is -2.51. The Kier molecular flexibility index (Phi) is 7.14. The van der Waals surface area contributed by atoms with Gasteiger partial charge in [-0.3, -0.25) is 14.4 Å². The van der Waals surface area contributed by atoms with E-state index in [1.807, 2.05) is 0 Å². The fourth-order valence-corrected chi connectivity index (χ4v) is 5.25. The van der Waals surface area contributed by atoms with Crippen molar-refractivity contribution in [1.29, 1.82) is 0 Å². The summed E-state index contributed by atoms with van der Waals surface area (Å²) in [4.78, 5) is 37.6. The molecular formula is C25H25N5O18. The molecule has 0 radical (unpaired) electrons. The van der Waals surface area contributed by atoms with Crippen LogP contribution in [0.4, 0.5) is 11.4 Å². The lowest BCUT2D eigenvalue weighted by molar-refractivity contribution is -0.455. The lowest BCUT2D eigenvalue weighted by atomic mass is 9.90. The molecule has 0 saturated carbocycles. The quantitative estimate of drug-likeness (QED) is 0.0675. The van der Waals surface area contributed by atoms with Crippen LogP contribution in [0.1, 0.15) is 33.0 Å². The number of aromatic hydroxyl groups is 4. The summed E-state index contributed by atoms with van der Waals surface area (Å²) in [6, 6.07) is 5.06. The SMILES string of the molecule is COc1ccc(-n2nc(C(N)=O)c3c2C(=O)N(c2c(O)c(O)c(N4C(=O)CC(O)(O)C(O)(O)C4(O)O)c(O)c2O)C(O)(O)C3(O)O)cc1. The van der Waals surface area contributed by atoms with E-state index in [0.717, 1.165) is 0 Å². The number of amides is 3. The molecule has 0 spiro atoms. The fourth-order valence-electron chi connectivity index (χ4n) is 5.25. The highest BCUT2D eigenvalue weighted by atomic mass is 16.7. The summed E-state index contributed by atoms with van der Waals surface area (Å²) in [6.45, 7) is 0. The van der Waals surface area contributed by atoms with Gasteiger partial charge in [0, 0.05) is 0 Å². The number of carbonyl (C=O) groups excluding carboxylic acids is 3. The van der Waals surface area contributed by atoms with E-state index in [2.05, 4.69) is 5.10 Å². The number of ether oxygens (including phenoxy) is 1. The maximum absolute atomic E-state index is 14.0. The number of phenols is 4. The van der Waals surface area contributed by atoms with Gasteiger partial charge in [0.25, 0.3) is 23.4 Å². The van der Waals surface area contributed by atoms with Gasteiger partial charge >= 0.3 is 11.8 Å². The van der Waals surface area contributed by atoms with Crippen molar-refractivity contribution in [3.05, 3.63) is 41.2 Å². The number of carbonyl (C=O) groups is 3. The van der Waals surface area contributed by atoms with E-state index in [4.69, 9.17) is 10.5 Å². The van der Waals surface area contributed by atoms with Gasteiger partial charge in [0.05, 0.1) is 24.8 Å². The van der Waals surface area contributed by atoms with Crippen molar-refractivity contribution in [1.82, 2.24) is 9.78 Å². The minimum absolute atomic E-state index is 0.146. The van der Waals surface area contributed by atoms with Crippen LogP contribution < -0.4 is 20.3 Å². The van der Waals surface area contributed by atoms with Gasteiger partial charge in [-0.25, -0.2) is 14.5 Å². The summed E-state index contributed by atoms with van der Waals surface area (Å²) in [6.07, 6.45) is -1.80. The average molecular weight is 683 g/mol. The number of methoxy groups -OCH3 is 1. The number of primary amides is 1. The molecule has 1 saturated heterocycles. The fraction of sp³-hybridized carbons (Fsp3) is 0.280. The summed E-state index contributed by atoms with van der Waals surface area (Å²) in [5, 5.41) is 152. The summed E-state index contributed by atoms with van der Waals surface area (Å²) in [5.74, 6) is -34.9. The van der Waals surface area contributed by atoms with Crippen LogP contribution in [0.2, 0.25) is 0 Å². The molecule has 3 amide bonds. The largest absolute Gasteiger partial charge is 0.503 e. The monoisotopic (exact) mass is 683 g/mol. The average Bonchev–Trinajstić information content (AvgIpc) is 3.40. The Balaban J connectivity index is 1.79. The minimum Gasteiger partial charge on any atom is -0.503 e. The Morgan fingerprint density at radius 1 is 0.792 bits per heavy atom. The number of rotatable bonds is 5. The maximum Gasteiger partial charge on any atom is 0.316 e. The second-order valence-corrected chi connectivity index (χ2v) is 10.6. The third-order valence-corrected chi connectivity index (χ3v) is 7.75. The lowest BCUT2D eigenvalue weighted by Crippen LogP contribution is -2.79. The first kappa shape index (κ1) is 34.0. The molecule has 3 heterocycles. The molecular weight excluding hydrogens is 658 g/mol. The van der Waals surface area contributed by atoms with Crippen molar-refractivity contribution in [3.63, 3.8) is 0 Å². The Labute approximate surface area is 263 Å². The van der Waals surface area contributed by atoms with Crippen LogP contribution in [0, 0.1) is 0 Å². The Morgan fingerprint density at radius 2 is 1.27 bits per heavy atom. The molecule has 0 unspecified atom stereocenters. The highest BCUT2D eigenvalue weighted by molar-refractivity contribution is 6.13. The van der Waals surface area contributed by atoms with Crippen LogP contribution in [0.5, 0.6) is 28.7 Å². The van der Waals surface area contributed by atoms with Crippen LogP contribution in [0.15, 0.2) is 24.3 Å². The standard InChI is InChI=1S/C25H25N5O18/c1-48-8-4-2-7(3-5-8)30-12-10(11(27-30)19(26)36)22(40,41)24(44,45)29(20(12)37)14-17(34)15(32)13(16(33)18(14)35)28-9(31)6-21(38,39)23(42,43)25(28,46)47/h2-5,32-35,38-47H,6H2,1H3,(H2,26,36). The first-order valence-electron chi connectivity index (χ1n) is 12.9. The number of hydrogen-bond acceptors (Lipinski definition) is 19. The normalized spacial score (nSPS) is 20.4. The molecule has 23 heteroatoms. The molecule has 3 aromatic rings. The van der Waals surface area contributed by atoms with Crippen LogP contribution >= 0.6 is 0 Å². The minimum atomic E-state index is -4.60. The van der Waals surface area contributed by atoms with Gasteiger partial charge in [-0.1, -0.05) is 0 Å². The zero-order chi connectivity index (χ0) is 36.3. The summed E-state index contributed by atoms with van der Waals surface area (Å²) >= 11 is 0. The van der Waals surface area contributed by atoms with Gasteiger partial charge in [0.15, 0.2) is 28.7 Å². The number of aliphatic hydroxyl groups is 10. The van der Waals surface area contributed by atoms with Crippen LogP contribution in [0.25, 0.3) is 5.69 Å². The second kappa shape index (κ2) is 10.1. The number of piperidine rings is 1. The molecule has 2 aliphatic heterocycles. The first-order chi connectivity index (χ1) is 21.9. The topological polar surface area (TPSA) is 394 Å². The number of nitrogens with two attached hydrogens (primary N) is 1. The summed E-state index contributed by atoms with van der Waals surface area (Å²) in [7, 11) is 1.30. The summed E-state index contributed by atoms with van der Waals surface area (Å²) in [5.41, 5.74) is -1.99. The predicted molar refractivity (Wildman–Crippen MR) is 145 cm³/mol. The zero-order valence-electron chi connectivity index (χ0n) is 23.8. The number of fused-ring (bicyclic) bond motifs is 1. The highest BCUT2D eigenvalue weighted by Crippen LogP contribution is 2.60. The molecule has 0 bridgehead atoms. The van der Waals surface area contributed by atoms with E-state index in [1.54, 1.807) is 0 Å². The van der Waals surface area contributed by atoms with Crippen LogP contribution in [0.3, 0.4) is 0 Å². The zero-order valence-corrected chi connectivity index (χ0v) is 23.8. The number of anilines is 2. The molecule has 2 aromatic carbocycles. The number of phenolic OH excluding ortho intramolecular Hbond substituents is 4. The van der Waals surface area contributed by atoms with Crippen molar-refractivity contribution >= 4 is 29.1 Å². The van der Waals surface area contributed by atoms with E-state index >= 15 is 0 Å². The van der Waals surface area contributed by atoms with E-state index in [9.17, 15) is 85.9 Å². The molecule has 2 aliphatic rings. The van der Waals surface area contributed by atoms with E-state index in [1.165, 1.54) is 31.4 Å². The number of hydrogen-bond donors (Lipinski definition) is 15. The van der Waals surface area contributed by atoms with Gasteiger partial charge < -0.3 is 82.0 Å². The number of aromatic nitrogens is 2. The molecule has 48 heavy (non-hydrogen) atoms. The number of nitrogens with zero attached hydrogens (tertiary/aromatic N) is 4. The van der Waals surface area contributed by atoms with Gasteiger partial charge in [0.2, 0.25) is 11.7 Å². The van der Waals surface area contributed by atoms with Crippen LogP contribution in [-0.4, -0.2) is 129 Å². The molecule has 1 fully saturated rings. The number of benzene rings is 2. The van der Waals surface area contributed by atoms with E-state index in [-0.39, 0.29) is 11.4 Å². The molecule has 0 aliphatic carbocycles. The molecule has 1 aromatic heterocycles. The van der Waals surface area contributed by atoms with Gasteiger partial charge in [0.1, 0.15) is 22.8 Å². The molecule has 258 valence electrons. The summed E-state index contributed by atoms with van der Waals surface area (Å²) < 4.78 is 5.57.